The number of rotatable bonds is 3. The van der Waals surface area contributed by atoms with Crippen LogP contribution in [0, 0.1) is 0 Å². The van der Waals surface area contributed by atoms with Gasteiger partial charge in [0.1, 0.15) is 6.61 Å². The van der Waals surface area contributed by atoms with E-state index in [-0.39, 0.29) is 12.6 Å². The zero-order valence-electron chi connectivity index (χ0n) is 6.26. The Morgan fingerprint density at radius 1 is 1.80 bits per heavy atom. The van der Waals surface area contributed by atoms with Gasteiger partial charge in [-0.2, -0.15) is 0 Å². The Morgan fingerprint density at radius 2 is 2.40 bits per heavy atom. The molecule has 3 heteroatoms. The fourth-order valence-corrected chi connectivity index (χ4v) is 0.311. The average Bonchev–Trinajstić information content (AvgIpc) is 1.88. The lowest BCUT2D eigenvalue weighted by Crippen LogP contribution is -2.06. The van der Waals surface area contributed by atoms with Crippen molar-refractivity contribution in [2.75, 3.05) is 13.7 Å². The molecule has 0 fully saturated rings. The summed E-state index contributed by atoms with van der Waals surface area (Å²) in [5, 5.41) is 0. The largest absolute Gasteiger partial charge is 0.457 e. The molecule has 0 spiro atoms. The number of ether oxygens (including phenoxy) is 1. The van der Waals surface area contributed by atoms with Crippen molar-refractivity contribution in [2.45, 2.75) is 6.92 Å². The molecule has 0 heterocycles. The minimum Gasteiger partial charge on any atom is -0.457 e. The zero-order chi connectivity index (χ0) is 7.98. The Hall–Kier alpha value is -1.12. The van der Waals surface area contributed by atoms with Crippen LogP contribution in [0.25, 0.3) is 0 Å². The Bertz CT molecular complexity index is 161. The van der Waals surface area contributed by atoms with Gasteiger partial charge in [0.05, 0.1) is 0 Å². The van der Waals surface area contributed by atoms with Crippen molar-refractivity contribution >= 4 is 12.2 Å². The molecule has 0 rings (SSSR count). The highest BCUT2D eigenvalue weighted by atomic mass is 16.5. The van der Waals surface area contributed by atoms with E-state index >= 15 is 0 Å². The number of nitrogens with zero attached hydrogens (tertiary/aromatic N) is 1. The van der Waals surface area contributed by atoms with E-state index in [4.69, 9.17) is 0 Å². The lowest BCUT2D eigenvalue weighted by molar-refractivity contribution is -0.137. The molecule has 0 aromatic heterocycles. The fourth-order valence-electron chi connectivity index (χ4n) is 0.311. The van der Waals surface area contributed by atoms with Gasteiger partial charge in [0, 0.05) is 18.8 Å². The van der Waals surface area contributed by atoms with Crippen LogP contribution in [0.3, 0.4) is 0 Å². The van der Waals surface area contributed by atoms with E-state index in [0.717, 1.165) is 0 Å². The first-order chi connectivity index (χ1) is 4.68. The summed E-state index contributed by atoms with van der Waals surface area (Å²) in [7, 11) is 1.62. The van der Waals surface area contributed by atoms with Gasteiger partial charge in [0.25, 0.3) is 0 Å². The molecular formula is C7H11NO2. The van der Waals surface area contributed by atoms with Crippen molar-refractivity contribution in [1.29, 1.82) is 0 Å². The second kappa shape index (κ2) is 4.73. The van der Waals surface area contributed by atoms with Crippen molar-refractivity contribution in [2.24, 2.45) is 4.99 Å². The minimum atomic E-state index is -0.375. The maximum Gasteiger partial charge on any atom is 0.333 e. The zero-order valence-corrected chi connectivity index (χ0v) is 6.26. The molecule has 0 unspecified atom stereocenters. The van der Waals surface area contributed by atoms with Crippen LogP contribution in [0.1, 0.15) is 6.92 Å². The molecule has 0 amide bonds. The third-order valence-corrected chi connectivity index (χ3v) is 0.820. The van der Waals surface area contributed by atoms with Crippen LogP contribution in [0.2, 0.25) is 0 Å². The first kappa shape index (κ1) is 8.88. The van der Waals surface area contributed by atoms with E-state index in [1.807, 2.05) is 0 Å². The van der Waals surface area contributed by atoms with Crippen molar-refractivity contribution in [3.05, 3.63) is 12.2 Å². The van der Waals surface area contributed by atoms with Crippen LogP contribution in [0.5, 0.6) is 0 Å². The first-order valence-electron chi connectivity index (χ1n) is 2.91. The Morgan fingerprint density at radius 3 is 2.80 bits per heavy atom. The van der Waals surface area contributed by atoms with E-state index in [1.165, 1.54) is 6.21 Å². The van der Waals surface area contributed by atoms with E-state index in [9.17, 15) is 4.79 Å². The smallest absolute Gasteiger partial charge is 0.333 e. The van der Waals surface area contributed by atoms with Gasteiger partial charge in [-0.05, 0) is 6.92 Å². The molecular weight excluding hydrogens is 130 g/mol. The van der Waals surface area contributed by atoms with Crippen molar-refractivity contribution < 1.29 is 9.53 Å². The maximum absolute atomic E-state index is 10.6. The molecule has 0 saturated heterocycles. The van der Waals surface area contributed by atoms with Gasteiger partial charge in [-0.1, -0.05) is 6.58 Å². The molecule has 56 valence electrons. The Labute approximate surface area is 60.4 Å². The van der Waals surface area contributed by atoms with Crippen molar-refractivity contribution in [3.8, 4) is 0 Å². The fraction of sp³-hybridized carbons (Fsp3) is 0.429. The summed E-state index contributed by atoms with van der Waals surface area (Å²) in [6, 6.07) is 0. The molecule has 0 aromatic rings. The second-order valence-corrected chi connectivity index (χ2v) is 1.82. The van der Waals surface area contributed by atoms with Gasteiger partial charge in [0.15, 0.2) is 0 Å². The molecule has 0 bridgehead atoms. The molecule has 3 nitrogen and oxygen atoms in total. The van der Waals surface area contributed by atoms with Crippen LogP contribution >= 0.6 is 0 Å². The summed E-state index contributed by atoms with van der Waals surface area (Å²) < 4.78 is 4.66. The van der Waals surface area contributed by atoms with Gasteiger partial charge in [-0.3, -0.25) is 4.99 Å². The van der Waals surface area contributed by atoms with Crippen LogP contribution in [-0.2, 0) is 9.53 Å². The lowest BCUT2D eigenvalue weighted by atomic mass is 10.4. The third-order valence-electron chi connectivity index (χ3n) is 0.820. The number of hydrogen-bond donors (Lipinski definition) is 0. The van der Waals surface area contributed by atoms with Gasteiger partial charge in [0.2, 0.25) is 0 Å². The number of hydrogen-bond acceptors (Lipinski definition) is 3. The number of carbonyl (C=O) groups excluding carboxylic acids is 1. The minimum absolute atomic E-state index is 0.224. The standard InChI is InChI=1S/C7H11NO2/c1-6(2)7(9)10-5-4-8-3/h4H,1,5H2,2-3H3. The van der Waals surface area contributed by atoms with Gasteiger partial charge >= 0.3 is 5.97 Å². The monoisotopic (exact) mass is 141 g/mol. The molecule has 0 aromatic carbocycles. The number of carbonyl (C=O) groups is 1. The van der Waals surface area contributed by atoms with E-state index < -0.39 is 0 Å². The topological polar surface area (TPSA) is 38.7 Å². The molecule has 0 aliphatic carbocycles. The molecule has 0 N–H and O–H groups in total. The van der Waals surface area contributed by atoms with Crippen molar-refractivity contribution in [3.63, 3.8) is 0 Å². The van der Waals surface area contributed by atoms with Crippen LogP contribution in [0.4, 0.5) is 0 Å². The highest BCUT2D eigenvalue weighted by molar-refractivity contribution is 5.87. The number of esters is 1. The second-order valence-electron chi connectivity index (χ2n) is 1.82. The van der Waals surface area contributed by atoms with E-state index in [2.05, 4.69) is 16.3 Å². The molecule has 0 radical (unpaired) electrons. The summed E-state index contributed by atoms with van der Waals surface area (Å²) in [5.41, 5.74) is 0.407. The highest BCUT2D eigenvalue weighted by Crippen LogP contribution is 1.89. The molecule has 0 aliphatic heterocycles. The van der Waals surface area contributed by atoms with Crippen LogP contribution in [-0.4, -0.2) is 25.8 Å². The third kappa shape index (κ3) is 3.83. The SMILES string of the molecule is C=C(C)C(=O)OCC=NC. The van der Waals surface area contributed by atoms with Gasteiger partial charge < -0.3 is 4.74 Å². The highest BCUT2D eigenvalue weighted by Gasteiger charge is 1.99. The van der Waals surface area contributed by atoms with Crippen LogP contribution < -0.4 is 0 Å². The summed E-state index contributed by atoms with van der Waals surface area (Å²) in [6.45, 7) is 5.24. The summed E-state index contributed by atoms with van der Waals surface area (Å²) >= 11 is 0. The van der Waals surface area contributed by atoms with Gasteiger partial charge in [-0.25, -0.2) is 4.79 Å². The Balaban J connectivity index is 3.50. The average molecular weight is 141 g/mol. The predicted octanol–water partition coefficient (Wildman–Crippen LogP) is 0.806. The molecule has 10 heavy (non-hydrogen) atoms. The molecule has 0 saturated carbocycles. The molecule has 0 atom stereocenters. The van der Waals surface area contributed by atoms with Crippen LogP contribution in [0.15, 0.2) is 17.1 Å². The van der Waals surface area contributed by atoms with Gasteiger partial charge in [-0.15, -0.1) is 0 Å². The summed E-state index contributed by atoms with van der Waals surface area (Å²) in [5.74, 6) is -0.375. The lowest BCUT2D eigenvalue weighted by Gasteiger charge is -1.97. The predicted molar refractivity (Wildman–Crippen MR) is 40.2 cm³/mol. The first-order valence-corrected chi connectivity index (χ1v) is 2.91. The van der Waals surface area contributed by atoms with E-state index in [1.54, 1.807) is 14.0 Å². The molecule has 0 aliphatic rings. The van der Waals surface area contributed by atoms with E-state index in [0.29, 0.717) is 5.57 Å². The quantitative estimate of drug-likeness (QED) is 0.331. The maximum atomic E-state index is 10.6. The summed E-state index contributed by atoms with van der Waals surface area (Å²) in [6.07, 6.45) is 1.51. The number of aliphatic imine (C=N–C) groups is 1. The van der Waals surface area contributed by atoms with Crippen molar-refractivity contribution in [1.82, 2.24) is 0 Å². The normalized spacial score (nSPS) is 9.80. The Kier molecular flexibility index (Phi) is 4.20. The summed E-state index contributed by atoms with van der Waals surface area (Å²) in [4.78, 5) is 14.3.